The maximum atomic E-state index is 9.92. The largest absolute Gasteiger partial charge is 0.391 e. The van der Waals surface area contributed by atoms with Crippen LogP contribution in [0.4, 0.5) is 0 Å². The van der Waals surface area contributed by atoms with Crippen LogP contribution in [0.3, 0.4) is 0 Å². The lowest BCUT2D eigenvalue weighted by molar-refractivity contribution is 0.0407. The van der Waals surface area contributed by atoms with Gasteiger partial charge in [0.15, 0.2) is 0 Å². The van der Waals surface area contributed by atoms with Crippen molar-refractivity contribution in [2.24, 2.45) is 23.0 Å². The van der Waals surface area contributed by atoms with Gasteiger partial charge in [0.25, 0.3) is 0 Å². The SMILES string of the molecule is CC(N)C(O)C1CCC(C(C)(C)C)CC1. The highest BCUT2D eigenvalue weighted by molar-refractivity contribution is 4.85. The van der Waals surface area contributed by atoms with Gasteiger partial charge in [-0.15, -0.1) is 0 Å². The summed E-state index contributed by atoms with van der Waals surface area (Å²) in [7, 11) is 0. The van der Waals surface area contributed by atoms with Gasteiger partial charge in [-0.3, -0.25) is 0 Å². The number of aliphatic hydroxyl groups is 1. The average Bonchev–Trinajstić information content (AvgIpc) is 2.15. The van der Waals surface area contributed by atoms with Gasteiger partial charge in [0.05, 0.1) is 6.10 Å². The second-order valence-electron chi connectivity index (χ2n) is 6.33. The first-order chi connectivity index (χ1) is 6.82. The molecule has 1 aliphatic rings. The third-order valence-electron chi connectivity index (χ3n) is 4.02. The molecule has 1 rings (SSSR count). The van der Waals surface area contributed by atoms with E-state index in [1.807, 2.05) is 6.92 Å². The first-order valence-corrected chi connectivity index (χ1v) is 6.26. The molecule has 0 aromatic heterocycles. The number of hydrogen-bond donors (Lipinski definition) is 2. The molecule has 1 aliphatic carbocycles. The van der Waals surface area contributed by atoms with Crippen LogP contribution in [-0.4, -0.2) is 17.3 Å². The van der Waals surface area contributed by atoms with E-state index in [4.69, 9.17) is 5.73 Å². The van der Waals surface area contributed by atoms with Crippen LogP contribution in [0.5, 0.6) is 0 Å². The third kappa shape index (κ3) is 3.46. The number of nitrogens with two attached hydrogens (primary N) is 1. The third-order valence-corrected chi connectivity index (χ3v) is 4.02. The summed E-state index contributed by atoms with van der Waals surface area (Å²) in [5, 5.41) is 9.92. The van der Waals surface area contributed by atoms with Crippen molar-refractivity contribution in [2.45, 2.75) is 65.5 Å². The van der Waals surface area contributed by atoms with Crippen molar-refractivity contribution in [3.05, 3.63) is 0 Å². The fourth-order valence-corrected chi connectivity index (χ4v) is 2.76. The maximum Gasteiger partial charge on any atom is 0.0716 e. The Kier molecular flexibility index (Phi) is 4.19. The van der Waals surface area contributed by atoms with E-state index >= 15 is 0 Å². The fraction of sp³-hybridized carbons (Fsp3) is 1.00. The molecule has 2 unspecified atom stereocenters. The van der Waals surface area contributed by atoms with Crippen LogP contribution in [0, 0.1) is 17.3 Å². The zero-order valence-corrected chi connectivity index (χ0v) is 10.7. The molecule has 0 aromatic carbocycles. The van der Waals surface area contributed by atoms with Crippen LogP contribution >= 0.6 is 0 Å². The van der Waals surface area contributed by atoms with Crippen molar-refractivity contribution < 1.29 is 5.11 Å². The molecule has 0 heterocycles. The molecular formula is C13H27NO. The summed E-state index contributed by atoms with van der Waals surface area (Å²) in [6.07, 6.45) is 4.48. The molecule has 15 heavy (non-hydrogen) atoms. The van der Waals surface area contributed by atoms with Crippen LogP contribution < -0.4 is 5.73 Å². The van der Waals surface area contributed by atoms with Crippen LogP contribution in [0.15, 0.2) is 0 Å². The molecule has 0 radical (unpaired) electrons. The molecule has 90 valence electrons. The van der Waals surface area contributed by atoms with E-state index in [0.717, 1.165) is 18.8 Å². The van der Waals surface area contributed by atoms with E-state index in [0.29, 0.717) is 11.3 Å². The lowest BCUT2D eigenvalue weighted by atomic mass is 9.68. The summed E-state index contributed by atoms with van der Waals surface area (Å²) in [5.74, 6) is 1.25. The predicted molar refractivity (Wildman–Crippen MR) is 64.6 cm³/mol. The topological polar surface area (TPSA) is 46.2 Å². The molecule has 0 spiro atoms. The predicted octanol–water partition coefficient (Wildman–Crippen LogP) is 2.55. The van der Waals surface area contributed by atoms with E-state index in [9.17, 15) is 5.11 Å². The highest BCUT2D eigenvalue weighted by atomic mass is 16.3. The van der Waals surface area contributed by atoms with Crippen molar-refractivity contribution in [3.63, 3.8) is 0 Å². The smallest absolute Gasteiger partial charge is 0.0716 e. The molecule has 2 atom stereocenters. The number of hydrogen-bond acceptors (Lipinski definition) is 2. The minimum atomic E-state index is -0.300. The van der Waals surface area contributed by atoms with Crippen LogP contribution in [-0.2, 0) is 0 Å². The minimum Gasteiger partial charge on any atom is -0.391 e. The van der Waals surface area contributed by atoms with Crippen LogP contribution in [0.2, 0.25) is 0 Å². The van der Waals surface area contributed by atoms with Gasteiger partial charge in [0, 0.05) is 6.04 Å². The van der Waals surface area contributed by atoms with E-state index in [2.05, 4.69) is 20.8 Å². The summed E-state index contributed by atoms with van der Waals surface area (Å²) in [6.45, 7) is 8.86. The second kappa shape index (κ2) is 4.84. The standard InChI is InChI=1S/C13H27NO/c1-9(14)12(15)10-5-7-11(8-6-10)13(2,3)4/h9-12,15H,5-8,14H2,1-4H3. The number of aliphatic hydroxyl groups excluding tert-OH is 1. The normalized spacial score (nSPS) is 32.4. The molecule has 2 nitrogen and oxygen atoms in total. The first kappa shape index (κ1) is 13.0. The summed E-state index contributed by atoms with van der Waals surface area (Å²) in [5.41, 5.74) is 6.16. The zero-order valence-electron chi connectivity index (χ0n) is 10.7. The molecule has 0 aromatic rings. The molecule has 1 saturated carbocycles. The highest BCUT2D eigenvalue weighted by Crippen LogP contribution is 2.40. The molecular weight excluding hydrogens is 186 g/mol. The Hall–Kier alpha value is -0.0800. The van der Waals surface area contributed by atoms with Gasteiger partial charge in [-0.1, -0.05) is 20.8 Å². The average molecular weight is 213 g/mol. The highest BCUT2D eigenvalue weighted by Gasteiger charge is 2.33. The van der Waals surface area contributed by atoms with Gasteiger partial charge in [-0.05, 0) is 49.9 Å². The van der Waals surface area contributed by atoms with Crippen LogP contribution in [0.1, 0.15) is 53.4 Å². The molecule has 2 heteroatoms. The summed E-state index contributed by atoms with van der Waals surface area (Å²) >= 11 is 0. The monoisotopic (exact) mass is 213 g/mol. The minimum absolute atomic E-state index is 0.0822. The van der Waals surface area contributed by atoms with Gasteiger partial charge in [-0.2, -0.15) is 0 Å². The van der Waals surface area contributed by atoms with Gasteiger partial charge in [0.2, 0.25) is 0 Å². The Morgan fingerprint density at radius 3 is 1.93 bits per heavy atom. The van der Waals surface area contributed by atoms with E-state index in [1.54, 1.807) is 0 Å². The molecule has 1 fully saturated rings. The quantitative estimate of drug-likeness (QED) is 0.740. The Bertz CT molecular complexity index is 187. The van der Waals surface area contributed by atoms with Crippen molar-refractivity contribution in [1.82, 2.24) is 0 Å². The maximum absolute atomic E-state index is 9.92. The van der Waals surface area contributed by atoms with Gasteiger partial charge >= 0.3 is 0 Å². The summed E-state index contributed by atoms with van der Waals surface area (Å²) in [4.78, 5) is 0. The summed E-state index contributed by atoms with van der Waals surface area (Å²) < 4.78 is 0. The zero-order chi connectivity index (χ0) is 11.6. The Morgan fingerprint density at radius 2 is 1.60 bits per heavy atom. The molecule has 3 N–H and O–H groups in total. The lowest BCUT2D eigenvalue weighted by Crippen LogP contribution is -2.40. The second-order valence-corrected chi connectivity index (χ2v) is 6.33. The van der Waals surface area contributed by atoms with E-state index in [1.165, 1.54) is 12.8 Å². The molecule has 0 amide bonds. The van der Waals surface area contributed by atoms with E-state index in [-0.39, 0.29) is 12.1 Å². The van der Waals surface area contributed by atoms with Gasteiger partial charge in [0.1, 0.15) is 0 Å². The van der Waals surface area contributed by atoms with Crippen molar-refractivity contribution in [1.29, 1.82) is 0 Å². The van der Waals surface area contributed by atoms with Crippen molar-refractivity contribution >= 4 is 0 Å². The van der Waals surface area contributed by atoms with Crippen LogP contribution in [0.25, 0.3) is 0 Å². The number of rotatable bonds is 2. The molecule has 0 aliphatic heterocycles. The van der Waals surface area contributed by atoms with E-state index < -0.39 is 0 Å². The summed E-state index contributed by atoms with van der Waals surface area (Å²) in [6, 6.07) is -0.0822. The van der Waals surface area contributed by atoms with Gasteiger partial charge in [-0.25, -0.2) is 0 Å². The lowest BCUT2D eigenvalue weighted by Gasteiger charge is -2.39. The fourth-order valence-electron chi connectivity index (χ4n) is 2.76. The van der Waals surface area contributed by atoms with Crippen molar-refractivity contribution in [3.8, 4) is 0 Å². The molecule has 0 bridgehead atoms. The van der Waals surface area contributed by atoms with Crippen molar-refractivity contribution in [2.75, 3.05) is 0 Å². The Balaban J connectivity index is 2.42. The van der Waals surface area contributed by atoms with Gasteiger partial charge < -0.3 is 10.8 Å². The Morgan fingerprint density at radius 1 is 1.13 bits per heavy atom. The first-order valence-electron chi connectivity index (χ1n) is 6.26. The molecule has 0 saturated heterocycles. The Labute approximate surface area is 94.2 Å².